The van der Waals surface area contributed by atoms with Gasteiger partial charge in [-0.15, -0.1) is 0 Å². The maximum Gasteiger partial charge on any atom is 0.283 e. The number of hydrogen-bond donors (Lipinski definition) is 1. The first-order chi connectivity index (χ1) is 13.4. The zero-order chi connectivity index (χ0) is 20.0. The number of benzene rings is 1. The van der Waals surface area contributed by atoms with Crippen LogP contribution in [0.25, 0.3) is 5.65 Å². The molecule has 0 saturated heterocycles. The summed E-state index contributed by atoms with van der Waals surface area (Å²) in [4.78, 5) is 17.3. The van der Waals surface area contributed by atoms with E-state index in [1.165, 1.54) is 16.3 Å². The second-order valence-corrected chi connectivity index (χ2v) is 8.00. The molecule has 0 saturated carbocycles. The van der Waals surface area contributed by atoms with E-state index in [4.69, 9.17) is 0 Å². The SMILES string of the molecule is CC(C)c1c(C(=O)NC2CCc3ccccc32)cnc2c(Br)c(C(F)F)nn12. The Kier molecular flexibility index (Phi) is 4.91. The number of nitrogens with one attached hydrogen (secondary N) is 1. The van der Waals surface area contributed by atoms with E-state index in [1.807, 2.05) is 32.0 Å². The normalized spacial score (nSPS) is 16.2. The van der Waals surface area contributed by atoms with Crippen LogP contribution >= 0.6 is 15.9 Å². The second kappa shape index (κ2) is 7.24. The monoisotopic (exact) mass is 448 g/mol. The van der Waals surface area contributed by atoms with Crippen LogP contribution in [0.2, 0.25) is 0 Å². The standard InChI is InChI=1S/C20H19BrF2N4O/c1-10(2)17-13(9-24-19-15(21)16(18(22)23)26-27(17)19)20(28)25-14-8-7-11-5-3-4-6-12(11)14/h3-6,9-10,14,18H,7-8H2,1-2H3,(H,25,28). The van der Waals surface area contributed by atoms with Crippen molar-refractivity contribution in [2.45, 2.75) is 45.1 Å². The van der Waals surface area contributed by atoms with Crippen molar-refractivity contribution in [2.75, 3.05) is 0 Å². The van der Waals surface area contributed by atoms with Crippen molar-refractivity contribution < 1.29 is 13.6 Å². The molecule has 0 bridgehead atoms. The Morgan fingerprint density at radius 1 is 1.32 bits per heavy atom. The lowest BCUT2D eigenvalue weighted by atomic mass is 10.0. The molecule has 1 aliphatic rings. The first-order valence-corrected chi connectivity index (χ1v) is 9.91. The highest BCUT2D eigenvalue weighted by Crippen LogP contribution is 2.33. The third-order valence-corrected chi connectivity index (χ3v) is 5.85. The van der Waals surface area contributed by atoms with Gasteiger partial charge in [-0.05, 0) is 45.8 Å². The van der Waals surface area contributed by atoms with E-state index in [9.17, 15) is 13.6 Å². The summed E-state index contributed by atoms with van der Waals surface area (Å²) in [6.45, 7) is 3.79. The average molecular weight is 449 g/mol. The number of fused-ring (bicyclic) bond motifs is 2. The number of alkyl halides is 2. The molecule has 146 valence electrons. The Hall–Kier alpha value is -2.35. The van der Waals surface area contributed by atoms with Gasteiger partial charge >= 0.3 is 0 Å². The van der Waals surface area contributed by atoms with Crippen molar-refractivity contribution in [3.63, 3.8) is 0 Å². The zero-order valence-electron chi connectivity index (χ0n) is 15.4. The molecule has 1 N–H and O–H groups in total. The fraction of sp³-hybridized carbons (Fsp3) is 0.350. The van der Waals surface area contributed by atoms with Gasteiger partial charge in [-0.1, -0.05) is 38.1 Å². The molecule has 8 heteroatoms. The van der Waals surface area contributed by atoms with Crippen LogP contribution in [0, 0.1) is 0 Å². The van der Waals surface area contributed by atoms with Crippen molar-refractivity contribution in [3.05, 3.63) is 63.0 Å². The largest absolute Gasteiger partial charge is 0.345 e. The molecule has 0 radical (unpaired) electrons. The molecule has 1 amide bonds. The molecule has 0 aliphatic heterocycles. The number of aromatic nitrogens is 3. The molecule has 1 aliphatic carbocycles. The van der Waals surface area contributed by atoms with Crippen LogP contribution in [-0.4, -0.2) is 20.5 Å². The lowest BCUT2D eigenvalue weighted by molar-refractivity contribution is 0.0934. The van der Waals surface area contributed by atoms with E-state index in [1.54, 1.807) is 0 Å². The Bertz CT molecular complexity index is 1060. The summed E-state index contributed by atoms with van der Waals surface area (Å²) in [6, 6.07) is 7.98. The predicted molar refractivity (Wildman–Crippen MR) is 105 cm³/mol. The van der Waals surface area contributed by atoms with E-state index in [-0.39, 0.29) is 33.7 Å². The molecule has 4 rings (SSSR count). The lowest BCUT2D eigenvalue weighted by Crippen LogP contribution is -2.29. The molecule has 2 heterocycles. The summed E-state index contributed by atoms with van der Waals surface area (Å²) < 4.78 is 28.0. The maximum atomic E-state index is 13.3. The van der Waals surface area contributed by atoms with E-state index in [0.717, 1.165) is 18.4 Å². The third kappa shape index (κ3) is 3.09. The van der Waals surface area contributed by atoms with Gasteiger partial charge in [0.1, 0.15) is 5.69 Å². The summed E-state index contributed by atoms with van der Waals surface area (Å²) in [6.07, 6.45) is 0.464. The van der Waals surface area contributed by atoms with Crippen molar-refractivity contribution in [2.24, 2.45) is 0 Å². The molecule has 1 aromatic carbocycles. The number of aryl methyl sites for hydroxylation is 1. The van der Waals surface area contributed by atoms with E-state index >= 15 is 0 Å². The van der Waals surface area contributed by atoms with E-state index in [2.05, 4.69) is 37.4 Å². The van der Waals surface area contributed by atoms with Gasteiger partial charge in [-0.2, -0.15) is 5.10 Å². The van der Waals surface area contributed by atoms with E-state index in [0.29, 0.717) is 11.3 Å². The van der Waals surface area contributed by atoms with Crippen LogP contribution in [0.3, 0.4) is 0 Å². The van der Waals surface area contributed by atoms with Gasteiger partial charge in [0.15, 0.2) is 5.65 Å². The zero-order valence-corrected chi connectivity index (χ0v) is 17.0. The van der Waals surface area contributed by atoms with Crippen LogP contribution < -0.4 is 5.32 Å². The minimum absolute atomic E-state index is 0.0691. The molecule has 5 nitrogen and oxygen atoms in total. The number of hydrogen-bond acceptors (Lipinski definition) is 3. The first-order valence-electron chi connectivity index (χ1n) is 9.12. The smallest absolute Gasteiger partial charge is 0.283 e. The second-order valence-electron chi connectivity index (χ2n) is 7.21. The number of rotatable bonds is 4. The Morgan fingerprint density at radius 3 is 2.79 bits per heavy atom. The van der Waals surface area contributed by atoms with Gasteiger partial charge in [-0.25, -0.2) is 18.3 Å². The van der Waals surface area contributed by atoms with Gasteiger partial charge in [0.25, 0.3) is 12.3 Å². The highest BCUT2D eigenvalue weighted by Gasteiger charge is 2.28. The quantitative estimate of drug-likeness (QED) is 0.612. The van der Waals surface area contributed by atoms with Gasteiger partial charge in [-0.3, -0.25) is 4.79 Å². The third-order valence-electron chi connectivity index (χ3n) is 5.09. The van der Waals surface area contributed by atoms with Crippen LogP contribution in [0.1, 0.15) is 71.5 Å². The number of halogens is 3. The molecule has 0 fully saturated rings. The van der Waals surface area contributed by atoms with Crippen LogP contribution in [0.15, 0.2) is 34.9 Å². The van der Waals surface area contributed by atoms with Crippen molar-refractivity contribution in [3.8, 4) is 0 Å². The van der Waals surface area contributed by atoms with E-state index < -0.39 is 6.43 Å². The number of amides is 1. The maximum absolute atomic E-state index is 13.3. The van der Waals surface area contributed by atoms with Crippen LogP contribution in [0.4, 0.5) is 8.78 Å². The van der Waals surface area contributed by atoms with Gasteiger partial charge < -0.3 is 5.32 Å². The Labute approximate surface area is 169 Å². The van der Waals surface area contributed by atoms with Crippen molar-refractivity contribution in [1.82, 2.24) is 19.9 Å². The molecule has 1 unspecified atom stereocenters. The molecule has 3 aromatic rings. The van der Waals surface area contributed by atoms with Crippen molar-refractivity contribution >= 4 is 27.5 Å². The van der Waals surface area contributed by atoms with Gasteiger partial charge in [0.05, 0.1) is 21.8 Å². The van der Waals surface area contributed by atoms with Gasteiger partial charge in [0.2, 0.25) is 0 Å². The Morgan fingerprint density at radius 2 is 2.07 bits per heavy atom. The minimum Gasteiger partial charge on any atom is -0.345 e. The number of carbonyl (C=O) groups is 1. The highest BCUT2D eigenvalue weighted by atomic mass is 79.9. The topological polar surface area (TPSA) is 59.3 Å². The minimum atomic E-state index is -2.73. The van der Waals surface area contributed by atoms with Crippen LogP contribution in [-0.2, 0) is 6.42 Å². The van der Waals surface area contributed by atoms with Crippen LogP contribution in [0.5, 0.6) is 0 Å². The van der Waals surface area contributed by atoms with Gasteiger partial charge in [0, 0.05) is 6.20 Å². The predicted octanol–water partition coefficient (Wildman–Crippen LogP) is 4.97. The molecular formula is C20H19BrF2N4O. The molecular weight excluding hydrogens is 430 g/mol. The molecule has 28 heavy (non-hydrogen) atoms. The fourth-order valence-corrected chi connectivity index (χ4v) is 4.33. The number of nitrogens with zero attached hydrogens (tertiary/aromatic N) is 3. The average Bonchev–Trinajstić information content (AvgIpc) is 3.22. The van der Waals surface area contributed by atoms with Crippen molar-refractivity contribution in [1.29, 1.82) is 0 Å². The molecule has 1 atom stereocenters. The molecule has 2 aromatic heterocycles. The Balaban J connectivity index is 1.74. The number of carbonyl (C=O) groups excluding carboxylic acids is 1. The summed E-state index contributed by atoms with van der Waals surface area (Å²) in [7, 11) is 0. The summed E-state index contributed by atoms with van der Waals surface area (Å²) in [5.41, 5.74) is 3.17. The summed E-state index contributed by atoms with van der Waals surface area (Å²) >= 11 is 3.16. The summed E-state index contributed by atoms with van der Waals surface area (Å²) in [5.74, 6) is -0.385. The summed E-state index contributed by atoms with van der Waals surface area (Å²) in [5, 5.41) is 7.10. The highest BCUT2D eigenvalue weighted by molar-refractivity contribution is 9.10. The molecule has 0 spiro atoms. The fourth-order valence-electron chi connectivity index (χ4n) is 3.80. The first kappa shape index (κ1) is 19.0. The lowest BCUT2D eigenvalue weighted by Gasteiger charge is -2.18.